The predicted molar refractivity (Wildman–Crippen MR) is 95.4 cm³/mol. The van der Waals surface area contributed by atoms with Gasteiger partial charge in [0.25, 0.3) is 5.69 Å². The van der Waals surface area contributed by atoms with Crippen molar-refractivity contribution in [3.8, 4) is 0 Å². The Hall–Kier alpha value is -2.16. The molecular formula is C16H23N3O5S. The number of nitrogens with zero attached hydrogens (tertiary/aromatic N) is 3. The lowest BCUT2D eigenvalue weighted by Gasteiger charge is -2.36. The van der Waals surface area contributed by atoms with E-state index in [1.165, 1.54) is 12.3 Å². The van der Waals surface area contributed by atoms with Crippen LogP contribution < -0.4 is 4.90 Å². The number of piperazine rings is 1. The van der Waals surface area contributed by atoms with Crippen LogP contribution in [-0.4, -0.2) is 58.2 Å². The molecule has 1 saturated heterocycles. The summed E-state index contributed by atoms with van der Waals surface area (Å²) in [7, 11) is -1.45. The van der Waals surface area contributed by atoms with E-state index < -0.39 is 21.3 Å². The van der Waals surface area contributed by atoms with Gasteiger partial charge in [-0.15, -0.1) is 0 Å². The minimum atomic E-state index is -1.45. The zero-order valence-corrected chi connectivity index (χ0v) is 15.7. The van der Waals surface area contributed by atoms with Crippen molar-refractivity contribution in [1.29, 1.82) is 0 Å². The largest absolute Gasteiger partial charge is 0.444 e. The third kappa shape index (κ3) is 4.91. The van der Waals surface area contributed by atoms with Gasteiger partial charge >= 0.3 is 6.09 Å². The highest BCUT2D eigenvalue weighted by molar-refractivity contribution is 7.84. The molecule has 0 N–H and O–H groups in total. The molecule has 0 bridgehead atoms. The number of carbonyl (C=O) groups excluding carboxylic acids is 1. The lowest BCUT2D eigenvalue weighted by molar-refractivity contribution is -0.387. The summed E-state index contributed by atoms with van der Waals surface area (Å²) < 4.78 is 17.2. The van der Waals surface area contributed by atoms with Gasteiger partial charge in [-0.3, -0.25) is 14.3 Å². The highest BCUT2D eigenvalue weighted by Gasteiger charge is 2.27. The summed E-state index contributed by atoms with van der Waals surface area (Å²) >= 11 is 0. The number of carbonyl (C=O) groups is 1. The van der Waals surface area contributed by atoms with Gasteiger partial charge in [-0.05, 0) is 32.9 Å². The van der Waals surface area contributed by atoms with Crippen LogP contribution in [0.1, 0.15) is 20.8 Å². The summed E-state index contributed by atoms with van der Waals surface area (Å²) in [5.41, 5.74) is 0.0868. The second kappa shape index (κ2) is 7.38. The monoisotopic (exact) mass is 369 g/mol. The maximum Gasteiger partial charge on any atom is 0.410 e. The van der Waals surface area contributed by atoms with Crippen molar-refractivity contribution >= 4 is 28.3 Å². The second-order valence-electron chi connectivity index (χ2n) is 6.82. The molecule has 2 rings (SSSR count). The van der Waals surface area contributed by atoms with Gasteiger partial charge in [-0.25, -0.2) is 4.79 Å². The smallest absolute Gasteiger partial charge is 0.410 e. The van der Waals surface area contributed by atoms with E-state index in [-0.39, 0.29) is 16.7 Å². The maximum atomic E-state index is 12.1. The topological polar surface area (TPSA) is 93.0 Å². The minimum Gasteiger partial charge on any atom is -0.444 e. The van der Waals surface area contributed by atoms with Gasteiger partial charge in [0.15, 0.2) is 0 Å². The quantitative estimate of drug-likeness (QED) is 0.600. The third-order valence-electron chi connectivity index (χ3n) is 3.75. The molecule has 1 aliphatic heterocycles. The van der Waals surface area contributed by atoms with Crippen LogP contribution in [0, 0.1) is 10.1 Å². The molecule has 1 aromatic carbocycles. The molecule has 1 aromatic rings. The van der Waals surface area contributed by atoms with Gasteiger partial charge in [0.05, 0.1) is 15.7 Å². The molecule has 1 aliphatic rings. The van der Waals surface area contributed by atoms with Gasteiger partial charge in [0.1, 0.15) is 10.5 Å². The molecule has 0 saturated carbocycles. The van der Waals surface area contributed by atoms with Crippen molar-refractivity contribution in [1.82, 2.24) is 4.90 Å². The standard InChI is InChI=1S/C16H23N3O5S/c1-16(2,3)24-15(20)18-9-7-17(8-10-18)12-5-6-13(19(21)22)14(11-12)25(4)23/h5-6,11H,7-10H2,1-4H3. The molecular weight excluding hydrogens is 346 g/mol. The number of hydrogen-bond donors (Lipinski definition) is 0. The Balaban J connectivity index is 2.08. The van der Waals surface area contributed by atoms with E-state index in [4.69, 9.17) is 4.74 Å². The number of nitro benzene ring substituents is 1. The second-order valence-corrected chi connectivity index (χ2v) is 8.17. The third-order valence-corrected chi connectivity index (χ3v) is 4.69. The zero-order chi connectivity index (χ0) is 18.8. The number of anilines is 1. The fourth-order valence-electron chi connectivity index (χ4n) is 2.55. The van der Waals surface area contributed by atoms with Crippen molar-refractivity contribution in [2.45, 2.75) is 31.3 Å². The van der Waals surface area contributed by atoms with Gasteiger partial charge in [-0.2, -0.15) is 0 Å². The first-order chi connectivity index (χ1) is 11.6. The van der Waals surface area contributed by atoms with Crippen LogP contribution in [-0.2, 0) is 15.5 Å². The Morgan fingerprint density at radius 1 is 1.24 bits per heavy atom. The Kier molecular flexibility index (Phi) is 5.66. The molecule has 1 fully saturated rings. The number of amides is 1. The molecule has 0 spiro atoms. The van der Waals surface area contributed by atoms with E-state index in [0.29, 0.717) is 26.2 Å². The fraction of sp³-hybridized carbons (Fsp3) is 0.562. The highest BCUT2D eigenvalue weighted by atomic mass is 32.2. The van der Waals surface area contributed by atoms with Crippen LogP contribution in [0.25, 0.3) is 0 Å². The molecule has 1 amide bonds. The Bertz CT molecular complexity index is 694. The summed E-state index contributed by atoms with van der Waals surface area (Å²) in [5, 5.41) is 11.0. The summed E-state index contributed by atoms with van der Waals surface area (Å²) in [6, 6.07) is 4.63. The summed E-state index contributed by atoms with van der Waals surface area (Å²) in [6.07, 6.45) is 1.08. The van der Waals surface area contributed by atoms with Crippen molar-refractivity contribution in [2.75, 3.05) is 37.3 Å². The van der Waals surface area contributed by atoms with E-state index in [9.17, 15) is 19.1 Å². The first-order valence-electron chi connectivity index (χ1n) is 7.93. The molecule has 0 aliphatic carbocycles. The van der Waals surface area contributed by atoms with Crippen LogP contribution in [0.2, 0.25) is 0 Å². The zero-order valence-electron chi connectivity index (χ0n) is 14.9. The van der Waals surface area contributed by atoms with Gasteiger partial charge in [0.2, 0.25) is 0 Å². The van der Waals surface area contributed by atoms with Gasteiger partial charge in [-0.1, -0.05) is 0 Å². The highest BCUT2D eigenvalue weighted by Crippen LogP contribution is 2.28. The van der Waals surface area contributed by atoms with Gasteiger partial charge < -0.3 is 14.5 Å². The van der Waals surface area contributed by atoms with Crippen LogP contribution in [0.15, 0.2) is 23.1 Å². The summed E-state index contributed by atoms with van der Waals surface area (Å²) in [5.74, 6) is 0. The number of nitro groups is 1. The SMILES string of the molecule is CS(=O)c1cc(N2CCN(C(=O)OC(C)(C)C)CC2)ccc1[N+](=O)[O-]. The number of ether oxygens (including phenoxy) is 1. The van der Waals surface area contributed by atoms with E-state index in [2.05, 4.69) is 0 Å². The average Bonchev–Trinajstić information content (AvgIpc) is 2.52. The van der Waals surface area contributed by atoms with Crippen molar-refractivity contribution in [2.24, 2.45) is 0 Å². The lowest BCUT2D eigenvalue weighted by Crippen LogP contribution is -2.50. The summed E-state index contributed by atoms with van der Waals surface area (Å²) in [6.45, 7) is 7.62. The molecule has 1 unspecified atom stereocenters. The van der Waals surface area contributed by atoms with E-state index >= 15 is 0 Å². The molecule has 1 atom stereocenters. The Morgan fingerprint density at radius 2 is 1.84 bits per heavy atom. The van der Waals surface area contributed by atoms with Crippen LogP contribution in [0.3, 0.4) is 0 Å². The summed E-state index contributed by atoms with van der Waals surface area (Å²) in [4.78, 5) is 26.5. The van der Waals surface area contributed by atoms with E-state index in [0.717, 1.165) is 5.69 Å². The number of benzene rings is 1. The van der Waals surface area contributed by atoms with Crippen molar-refractivity contribution < 1.29 is 18.7 Å². The Labute approximate surface area is 149 Å². The van der Waals surface area contributed by atoms with Crippen LogP contribution in [0.5, 0.6) is 0 Å². The normalized spacial score (nSPS) is 16.5. The molecule has 25 heavy (non-hydrogen) atoms. The van der Waals surface area contributed by atoms with Crippen LogP contribution in [0.4, 0.5) is 16.2 Å². The number of rotatable bonds is 3. The van der Waals surface area contributed by atoms with E-state index in [1.54, 1.807) is 17.0 Å². The molecule has 8 nitrogen and oxygen atoms in total. The molecule has 0 aromatic heterocycles. The number of hydrogen-bond acceptors (Lipinski definition) is 6. The maximum absolute atomic E-state index is 12.1. The minimum absolute atomic E-state index is 0.142. The molecule has 9 heteroatoms. The first kappa shape index (κ1) is 19.2. The van der Waals surface area contributed by atoms with Crippen molar-refractivity contribution in [3.05, 3.63) is 28.3 Å². The Morgan fingerprint density at radius 3 is 2.32 bits per heavy atom. The van der Waals surface area contributed by atoms with Crippen LogP contribution >= 0.6 is 0 Å². The van der Waals surface area contributed by atoms with Crippen molar-refractivity contribution in [3.63, 3.8) is 0 Å². The average molecular weight is 369 g/mol. The first-order valence-corrected chi connectivity index (χ1v) is 9.49. The molecule has 138 valence electrons. The fourth-order valence-corrected chi connectivity index (χ4v) is 3.28. The lowest BCUT2D eigenvalue weighted by atomic mass is 10.2. The van der Waals surface area contributed by atoms with E-state index in [1.807, 2.05) is 25.7 Å². The molecule has 0 radical (unpaired) electrons. The predicted octanol–water partition coefficient (Wildman–Crippen LogP) is 2.39. The van der Waals surface area contributed by atoms with Gasteiger partial charge in [0, 0.05) is 44.2 Å². The molecule has 1 heterocycles.